The highest BCUT2D eigenvalue weighted by atomic mass is 15.1. The van der Waals surface area contributed by atoms with Crippen LogP contribution in [0.15, 0.2) is 194 Å². The molecule has 2 nitrogen and oxygen atoms in total. The van der Waals surface area contributed by atoms with Crippen molar-refractivity contribution in [2.45, 2.75) is 19.3 Å². The molecule has 1 aliphatic rings. The number of para-hydroxylation sites is 1. The fourth-order valence-electron chi connectivity index (χ4n) is 10.8. The predicted octanol–water partition coefficient (Wildman–Crippen LogP) is 15.7. The van der Waals surface area contributed by atoms with E-state index in [9.17, 15) is 0 Å². The lowest BCUT2D eigenvalue weighted by molar-refractivity contribution is 0.660. The van der Waals surface area contributed by atoms with E-state index >= 15 is 0 Å². The van der Waals surface area contributed by atoms with Gasteiger partial charge in [0.1, 0.15) is 0 Å². The Morgan fingerprint density at radius 2 is 0.949 bits per heavy atom. The Bertz CT molecular complexity index is 3630. The van der Waals surface area contributed by atoms with Crippen LogP contribution in [0, 0.1) is 0 Å². The van der Waals surface area contributed by atoms with Crippen molar-refractivity contribution in [3.8, 4) is 27.9 Å². The largest absolute Gasteiger partial charge is 0.310 e. The minimum atomic E-state index is -0.0768. The lowest BCUT2D eigenvalue weighted by atomic mass is 9.82. The van der Waals surface area contributed by atoms with Crippen molar-refractivity contribution in [3.05, 3.63) is 205 Å². The van der Waals surface area contributed by atoms with Crippen molar-refractivity contribution in [2.75, 3.05) is 4.90 Å². The third-order valence-corrected chi connectivity index (χ3v) is 13.5. The highest BCUT2D eigenvalue weighted by molar-refractivity contribution is 6.44. The van der Waals surface area contributed by atoms with E-state index in [-0.39, 0.29) is 5.41 Å². The molecule has 1 aliphatic carbocycles. The maximum absolute atomic E-state index is 2.49. The molecule has 1 heterocycles. The molecule has 13 rings (SSSR count). The molecule has 2 heteroatoms. The summed E-state index contributed by atoms with van der Waals surface area (Å²) in [5.74, 6) is 0. The molecule has 0 bridgehead atoms. The molecular weight excluding hydrogens is 713 g/mol. The lowest BCUT2D eigenvalue weighted by Crippen LogP contribution is -2.16. The summed E-state index contributed by atoms with van der Waals surface area (Å²) >= 11 is 0. The Kier molecular flexibility index (Phi) is 6.54. The molecule has 1 aromatic heterocycles. The normalized spacial score (nSPS) is 13.4. The summed E-state index contributed by atoms with van der Waals surface area (Å²) in [5.41, 5.74) is 14.8. The Balaban J connectivity index is 0.945. The molecule has 0 radical (unpaired) electrons. The van der Waals surface area contributed by atoms with Gasteiger partial charge in [-0.15, -0.1) is 0 Å². The number of hydrogen-bond donors (Lipinski definition) is 0. The van der Waals surface area contributed by atoms with Gasteiger partial charge in [-0.3, -0.25) is 0 Å². The number of fused-ring (bicyclic) bond motifs is 7. The number of rotatable bonds is 5. The van der Waals surface area contributed by atoms with Gasteiger partial charge < -0.3 is 9.47 Å². The van der Waals surface area contributed by atoms with Gasteiger partial charge >= 0.3 is 0 Å². The number of aromatic nitrogens is 1. The smallest absolute Gasteiger partial charge is 0.0548 e. The van der Waals surface area contributed by atoms with Gasteiger partial charge in [-0.05, 0) is 132 Å². The predicted molar refractivity (Wildman–Crippen MR) is 251 cm³/mol. The minimum absolute atomic E-state index is 0.0768. The zero-order chi connectivity index (χ0) is 39.0. The molecule has 0 aliphatic heterocycles. The average Bonchev–Trinajstić information content (AvgIpc) is 3.75. The van der Waals surface area contributed by atoms with E-state index in [1.54, 1.807) is 0 Å². The zero-order valence-corrected chi connectivity index (χ0v) is 32.9. The van der Waals surface area contributed by atoms with E-state index in [1.807, 2.05) is 0 Å². The van der Waals surface area contributed by atoms with Gasteiger partial charge in [0.25, 0.3) is 0 Å². The van der Waals surface area contributed by atoms with E-state index in [0.29, 0.717) is 0 Å². The van der Waals surface area contributed by atoms with Gasteiger partial charge in [0, 0.05) is 44.3 Å². The van der Waals surface area contributed by atoms with E-state index < -0.39 is 0 Å². The van der Waals surface area contributed by atoms with Crippen LogP contribution < -0.4 is 4.90 Å². The molecule has 0 unspecified atom stereocenters. The molecule has 0 atom stereocenters. The monoisotopic (exact) mass is 750 g/mol. The fraction of sp³-hybridized carbons (Fsp3) is 0.0526. The number of nitrogens with zero attached hydrogens (tertiary/aromatic N) is 2. The third kappa shape index (κ3) is 4.41. The van der Waals surface area contributed by atoms with E-state index in [1.165, 1.54) is 104 Å². The second-order valence-electron chi connectivity index (χ2n) is 16.9. The molecule has 0 fully saturated rings. The highest BCUT2D eigenvalue weighted by Gasteiger charge is 2.35. The SMILES string of the molecule is CC1(C)c2ccccc2-c2ccc(N(c3ccccc3)c3ccc(-c4cccc(-n5c6cccc7c8cccc9c%10ccccc%10c%10ccc5c(c%10c98)c76)c4)cc3)cc21. The zero-order valence-electron chi connectivity index (χ0n) is 32.9. The van der Waals surface area contributed by atoms with Gasteiger partial charge in [-0.25, -0.2) is 0 Å². The average molecular weight is 751 g/mol. The van der Waals surface area contributed by atoms with Crippen molar-refractivity contribution in [1.29, 1.82) is 0 Å². The summed E-state index contributed by atoms with van der Waals surface area (Å²) in [6.45, 7) is 4.70. The van der Waals surface area contributed by atoms with Crippen LogP contribution in [0.5, 0.6) is 0 Å². The van der Waals surface area contributed by atoms with Crippen LogP contribution >= 0.6 is 0 Å². The second kappa shape index (κ2) is 11.8. The maximum atomic E-state index is 2.49. The first-order valence-electron chi connectivity index (χ1n) is 20.7. The quantitative estimate of drug-likeness (QED) is 0.126. The highest BCUT2D eigenvalue weighted by Crippen LogP contribution is 2.52. The molecule has 276 valence electrons. The van der Waals surface area contributed by atoms with Crippen molar-refractivity contribution in [1.82, 2.24) is 4.57 Å². The van der Waals surface area contributed by atoms with Crippen LogP contribution in [0.25, 0.3) is 92.8 Å². The molecule has 0 spiro atoms. The van der Waals surface area contributed by atoms with Crippen molar-refractivity contribution < 1.29 is 0 Å². The van der Waals surface area contributed by atoms with Gasteiger partial charge in [-0.1, -0.05) is 147 Å². The second-order valence-corrected chi connectivity index (χ2v) is 16.9. The topological polar surface area (TPSA) is 8.17 Å². The van der Waals surface area contributed by atoms with E-state index in [2.05, 4.69) is 217 Å². The summed E-state index contributed by atoms with van der Waals surface area (Å²) in [7, 11) is 0. The molecule has 0 amide bonds. The first-order valence-corrected chi connectivity index (χ1v) is 20.7. The number of hydrogen-bond acceptors (Lipinski definition) is 1. The summed E-state index contributed by atoms with van der Waals surface area (Å²) in [6.07, 6.45) is 0. The summed E-state index contributed by atoms with van der Waals surface area (Å²) in [4.78, 5) is 2.39. The Hall–Kier alpha value is -7.42. The van der Waals surface area contributed by atoms with Crippen LogP contribution in [0.1, 0.15) is 25.0 Å². The van der Waals surface area contributed by atoms with Crippen molar-refractivity contribution in [2.24, 2.45) is 0 Å². The molecule has 0 N–H and O–H groups in total. The van der Waals surface area contributed by atoms with E-state index in [4.69, 9.17) is 0 Å². The molecule has 0 saturated heterocycles. The van der Waals surface area contributed by atoms with Gasteiger partial charge in [0.15, 0.2) is 0 Å². The lowest BCUT2D eigenvalue weighted by Gasteiger charge is -2.28. The van der Waals surface area contributed by atoms with Gasteiger partial charge in [-0.2, -0.15) is 0 Å². The summed E-state index contributed by atoms with van der Waals surface area (Å²) < 4.78 is 2.49. The van der Waals surface area contributed by atoms with Crippen molar-refractivity contribution >= 4 is 82.0 Å². The number of anilines is 3. The summed E-state index contributed by atoms with van der Waals surface area (Å²) in [6, 6.07) is 72.1. The van der Waals surface area contributed by atoms with Crippen LogP contribution in [0.4, 0.5) is 17.1 Å². The number of benzene rings is 11. The van der Waals surface area contributed by atoms with Gasteiger partial charge in [0.05, 0.1) is 11.0 Å². The third-order valence-electron chi connectivity index (χ3n) is 13.5. The molecule has 11 aromatic carbocycles. The fourth-order valence-corrected chi connectivity index (χ4v) is 10.8. The maximum Gasteiger partial charge on any atom is 0.0548 e. The van der Waals surface area contributed by atoms with Crippen molar-refractivity contribution in [3.63, 3.8) is 0 Å². The molecular formula is C57H38N2. The van der Waals surface area contributed by atoms with Crippen LogP contribution in [-0.2, 0) is 5.41 Å². The van der Waals surface area contributed by atoms with Crippen LogP contribution in [-0.4, -0.2) is 4.57 Å². The Morgan fingerprint density at radius 1 is 0.356 bits per heavy atom. The minimum Gasteiger partial charge on any atom is -0.310 e. The van der Waals surface area contributed by atoms with E-state index in [0.717, 1.165) is 17.1 Å². The van der Waals surface area contributed by atoms with Crippen LogP contribution in [0.2, 0.25) is 0 Å². The van der Waals surface area contributed by atoms with Crippen LogP contribution in [0.3, 0.4) is 0 Å². The first kappa shape index (κ1) is 32.6. The standard InChI is InChI=1S/C57H38N2/c1-57(2)49-23-9-8-19-43(49)44-30-29-40(34-50(44)57)58(37-14-4-3-5-15-37)38-27-25-35(26-28-38)36-13-10-16-39(33-36)59-51-24-12-22-47-46-21-11-20-45-41-17-6-7-18-42(41)48-31-32-52(59)56(54(47)51)55(48)53(45)46/h3-34H,1-2H3. The Labute approximate surface area is 342 Å². The first-order chi connectivity index (χ1) is 29.0. The molecule has 12 aromatic rings. The molecule has 0 saturated carbocycles. The Morgan fingerprint density at radius 3 is 1.76 bits per heavy atom. The van der Waals surface area contributed by atoms with Gasteiger partial charge in [0.2, 0.25) is 0 Å². The molecule has 59 heavy (non-hydrogen) atoms. The summed E-state index contributed by atoms with van der Waals surface area (Å²) in [5, 5.41) is 13.4.